The van der Waals surface area contributed by atoms with Crippen LogP contribution < -0.4 is 5.32 Å². The highest BCUT2D eigenvalue weighted by Gasteiger charge is 2.21. The van der Waals surface area contributed by atoms with Crippen LogP contribution in [-0.2, 0) is 11.3 Å². The number of nitrogens with one attached hydrogen (secondary N) is 1. The summed E-state index contributed by atoms with van der Waals surface area (Å²) in [7, 11) is 0. The number of hydrogen-bond acceptors (Lipinski definition) is 3. The first-order valence-corrected chi connectivity index (χ1v) is 9.10. The molecule has 1 fully saturated rings. The fourth-order valence-corrected chi connectivity index (χ4v) is 3.36. The Morgan fingerprint density at radius 1 is 1.36 bits per heavy atom. The monoisotopic (exact) mass is 341 g/mol. The van der Waals surface area contributed by atoms with E-state index >= 15 is 0 Å². The normalized spacial score (nSPS) is 17.6. The van der Waals surface area contributed by atoms with Gasteiger partial charge in [-0.15, -0.1) is 0 Å². The number of carbonyl (C=O) groups is 1. The zero-order valence-corrected chi connectivity index (χ0v) is 15.1. The van der Waals surface area contributed by atoms with E-state index in [1.165, 1.54) is 5.56 Å². The Kier molecular flexibility index (Phi) is 5.87. The third kappa shape index (κ3) is 4.48. The molecule has 1 amide bonds. The van der Waals surface area contributed by atoms with Crippen LogP contribution in [0.25, 0.3) is 0 Å². The number of carbonyl (C=O) groups excluding carboxylic acids is 1. The molecule has 0 bridgehead atoms. The highest BCUT2D eigenvalue weighted by atomic mass is 16.5. The molecule has 1 N–H and O–H groups in total. The number of aromatic nitrogens is 2. The van der Waals surface area contributed by atoms with Gasteiger partial charge in [0, 0.05) is 13.2 Å². The van der Waals surface area contributed by atoms with Crippen LogP contribution in [0.15, 0.2) is 36.5 Å². The van der Waals surface area contributed by atoms with Crippen molar-refractivity contribution in [1.82, 2.24) is 15.1 Å². The maximum absolute atomic E-state index is 12.7. The molecule has 3 rings (SSSR count). The molecule has 1 saturated heterocycles. The highest BCUT2D eigenvalue weighted by molar-refractivity contribution is 5.95. The Hall–Kier alpha value is -2.14. The van der Waals surface area contributed by atoms with Crippen LogP contribution in [0.3, 0.4) is 0 Å². The molecule has 5 heteroatoms. The summed E-state index contributed by atoms with van der Waals surface area (Å²) in [6.45, 7) is 7.13. The van der Waals surface area contributed by atoms with Crippen LogP contribution in [0.4, 0.5) is 0 Å². The number of rotatable bonds is 6. The predicted molar refractivity (Wildman–Crippen MR) is 97.7 cm³/mol. The molecule has 2 heterocycles. The molecule has 0 aliphatic carbocycles. The molecule has 2 aromatic rings. The molecule has 1 aliphatic rings. The molecule has 0 saturated carbocycles. The van der Waals surface area contributed by atoms with Gasteiger partial charge in [-0.25, -0.2) is 0 Å². The average Bonchev–Trinajstić information content (AvgIpc) is 3.05. The number of benzene rings is 1. The summed E-state index contributed by atoms with van der Waals surface area (Å²) in [6, 6.07) is 10.2. The zero-order chi connectivity index (χ0) is 17.6. The van der Waals surface area contributed by atoms with Crippen LogP contribution >= 0.6 is 0 Å². The summed E-state index contributed by atoms with van der Waals surface area (Å²) in [5.74, 6) is 0.609. The molecule has 1 atom stereocenters. The van der Waals surface area contributed by atoms with E-state index in [2.05, 4.69) is 36.4 Å². The van der Waals surface area contributed by atoms with Crippen molar-refractivity contribution >= 4 is 5.91 Å². The van der Waals surface area contributed by atoms with Gasteiger partial charge in [0.15, 0.2) is 0 Å². The molecule has 1 aromatic carbocycles. The van der Waals surface area contributed by atoms with Crippen molar-refractivity contribution in [3.8, 4) is 0 Å². The second kappa shape index (κ2) is 8.30. The number of ether oxygens (including phenoxy) is 1. The Morgan fingerprint density at radius 3 is 2.84 bits per heavy atom. The van der Waals surface area contributed by atoms with Gasteiger partial charge in [0.2, 0.25) is 0 Å². The van der Waals surface area contributed by atoms with Crippen molar-refractivity contribution in [1.29, 1.82) is 0 Å². The van der Waals surface area contributed by atoms with E-state index in [4.69, 9.17) is 4.74 Å². The Labute approximate surface area is 149 Å². The zero-order valence-electron chi connectivity index (χ0n) is 15.1. The van der Waals surface area contributed by atoms with Crippen LogP contribution in [0, 0.1) is 5.92 Å². The van der Waals surface area contributed by atoms with Crippen molar-refractivity contribution in [3.05, 3.63) is 53.3 Å². The molecular weight excluding hydrogens is 314 g/mol. The SMILES string of the molecule is CC(C)c1c(C(=O)NCC2CCCOC2)cnn1Cc1ccccc1. The third-order valence-corrected chi connectivity index (χ3v) is 4.65. The molecule has 5 nitrogen and oxygen atoms in total. The van der Waals surface area contributed by atoms with Gasteiger partial charge in [-0.05, 0) is 30.2 Å². The van der Waals surface area contributed by atoms with E-state index in [9.17, 15) is 4.79 Å². The fourth-order valence-electron chi connectivity index (χ4n) is 3.36. The lowest BCUT2D eigenvalue weighted by Crippen LogP contribution is -2.33. The summed E-state index contributed by atoms with van der Waals surface area (Å²) in [5, 5.41) is 7.55. The Morgan fingerprint density at radius 2 is 2.16 bits per heavy atom. The number of amides is 1. The molecule has 1 aliphatic heterocycles. The number of hydrogen-bond donors (Lipinski definition) is 1. The molecule has 25 heavy (non-hydrogen) atoms. The second-order valence-corrected chi connectivity index (χ2v) is 7.03. The summed E-state index contributed by atoms with van der Waals surface area (Å²) in [5.41, 5.74) is 2.85. The second-order valence-electron chi connectivity index (χ2n) is 7.03. The van der Waals surface area contributed by atoms with Gasteiger partial charge in [-0.3, -0.25) is 9.48 Å². The molecular formula is C20H27N3O2. The topological polar surface area (TPSA) is 56.1 Å². The first-order valence-electron chi connectivity index (χ1n) is 9.10. The van der Waals surface area contributed by atoms with Gasteiger partial charge >= 0.3 is 0 Å². The van der Waals surface area contributed by atoms with E-state index in [0.29, 0.717) is 24.6 Å². The van der Waals surface area contributed by atoms with Crippen LogP contribution in [0.1, 0.15) is 54.2 Å². The van der Waals surface area contributed by atoms with Crippen molar-refractivity contribution in [2.24, 2.45) is 5.92 Å². The van der Waals surface area contributed by atoms with Gasteiger partial charge in [0.1, 0.15) is 0 Å². The Balaban J connectivity index is 1.71. The van der Waals surface area contributed by atoms with E-state index in [-0.39, 0.29) is 11.8 Å². The van der Waals surface area contributed by atoms with Crippen molar-refractivity contribution < 1.29 is 9.53 Å². The lowest BCUT2D eigenvalue weighted by molar-refractivity contribution is 0.0536. The predicted octanol–water partition coefficient (Wildman–Crippen LogP) is 3.21. The Bertz CT molecular complexity index is 688. The third-order valence-electron chi connectivity index (χ3n) is 4.65. The molecule has 0 spiro atoms. The van der Waals surface area contributed by atoms with Crippen molar-refractivity contribution in [2.45, 2.75) is 39.2 Å². The maximum atomic E-state index is 12.7. The van der Waals surface area contributed by atoms with Crippen molar-refractivity contribution in [3.63, 3.8) is 0 Å². The van der Waals surface area contributed by atoms with E-state index in [1.54, 1.807) is 6.20 Å². The summed E-state index contributed by atoms with van der Waals surface area (Å²) in [4.78, 5) is 12.7. The molecule has 1 unspecified atom stereocenters. The lowest BCUT2D eigenvalue weighted by Gasteiger charge is -2.22. The number of nitrogens with zero attached hydrogens (tertiary/aromatic N) is 2. The minimum Gasteiger partial charge on any atom is -0.381 e. The van der Waals surface area contributed by atoms with Crippen molar-refractivity contribution in [2.75, 3.05) is 19.8 Å². The van der Waals surface area contributed by atoms with Crippen LogP contribution in [0.2, 0.25) is 0 Å². The van der Waals surface area contributed by atoms with E-state index < -0.39 is 0 Å². The summed E-state index contributed by atoms with van der Waals surface area (Å²) >= 11 is 0. The van der Waals surface area contributed by atoms with Crippen LogP contribution in [0.5, 0.6) is 0 Å². The maximum Gasteiger partial charge on any atom is 0.254 e. The van der Waals surface area contributed by atoms with Gasteiger partial charge in [-0.2, -0.15) is 5.10 Å². The smallest absolute Gasteiger partial charge is 0.254 e. The lowest BCUT2D eigenvalue weighted by atomic mass is 10.0. The highest BCUT2D eigenvalue weighted by Crippen LogP contribution is 2.21. The summed E-state index contributed by atoms with van der Waals surface area (Å²) in [6.07, 6.45) is 3.89. The van der Waals surface area contributed by atoms with E-state index in [0.717, 1.165) is 31.7 Å². The fraction of sp³-hybridized carbons (Fsp3) is 0.500. The molecule has 134 valence electrons. The first kappa shape index (κ1) is 17.7. The van der Waals surface area contributed by atoms with Crippen LogP contribution in [-0.4, -0.2) is 35.4 Å². The van der Waals surface area contributed by atoms with E-state index in [1.807, 2.05) is 22.9 Å². The molecule has 1 aromatic heterocycles. The average molecular weight is 341 g/mol. The standard InChI is InChI=1S/C20H27N3O2/c1-15(2)19-18(20(24)21-11-17-9-6-10-25-14-17)12-22-23(19)13-16-7-4-3-5-8-16/h3-5,7-8,12,15,17H,6,9-11,13-14H2,1-2H3,(H,21,24). The summed E-state index contributed by atoms with van der Waals surface area (Å²) < 4.78 is 7.43. The van der Waals surface area contributed by atoms with Gasteiger partial charge < -0.3 is 10.1 Å². The van der Waals surface area contributed by atoms with Gasteiger partial charge in [0.25, 0.3) is 5.91 Å². The molecule has 0 radical (unpaired) electrons. The first-order chi connectivity index (χ1) is 12.1. The minimum atomic E-state index is -0.0337. The van der Waals surface area contributed by atoms with Gasteiger partial charge in [0.05, 0.1) is 30.6 Å². The largest absolute Gasteiger partial charge is 0.381 e. The minimum absolute atomic E-state index is 0.0337. The van der Waals surface area contributed by atoms with Gasteiger partial charge in [-0.1, -0.05) is 44.2 Å². The quantitative estimate of drug-likeness (QED) is 0.878.